The average Bonchev–Trinajstić information content (AvgIpc) is 2.80. The van der Waals surface area contributed by atoms with Crippen molar-refractivity contribution in [3.05, 3.63) is 54.4 Å². The maximum absolute atomic E-state index is 13.0. The second-order valence-corrected chi connectivity index (χ2v) is 7.36. The van der Waals surface area contributed by atoms with Crippen LogP contribution < -0.4 is 4.74 Å². The number of hydrogen-bond acceptors (Lipinski definition) is 6. The number of piperidine rings is 1. The molecule has 4 rings (SSSR count). The minimum Gasteiger partial charge on any atom is -0.491 e. The second kappa shape index (κ2) is 9.17. The number of benzene rings is 1. The van der Waals surface area contributed by atoms with E-state index in [0.717, 1.165) is 0 Å². The van der Waals surface area contributed by atoms with Gasteiger partial charge in [-0.1, -0.05) is 0 Å². The summed E-state index contributed by atoms with van der Waals surface area (Å²) in [5, 5.41) is 0. The Morgan fingerprint density at radius 3 is 2.67 bits per heavy atom. The molecule has 1 aromatic heterocycles. The Labute approximate surface area is 173 Å². The van der Waals surface area contributed by atoms with E-state index in [-0.39, 0.29) is 43.0 Å². The van der Waals surface area contributed by atoms with E-state index in [1.165, 1.54) is 30.7 Å². The number of morpholine rings is 1. The molecular formula is C21H23FN4O4. The lowest BCUT2D eigenvalue weighted by Gasteiger charge is -2.42. The van der Waals surface area contributed by atoms with E-state index in [9.17, 15) is 14.0 Å². The van der Waals surface area contributed by atoms with Gasteiger partial charge in [-0.25, -0.2) is 9.37 Å². The molecule has 0 spiro atoms. The van der Waals surface area contributed by atoms with E-state index in [1.54, 1.807) is 17.0 Å². The number of carbonyl (C=O) groups excluding carboxylic acids is 2. The lowest BCUT2D eigenvalue weighted by atomic mass is 10.0. The Morgan fingerprint density at radius 1 is 1.20 bits per heavy atom. The molecule has 1 aromatic carbocycles. The highest BCUT2D eigenvalue weighted by Gasteiger charge is 2.35. The van der Waals surface area contributed by atoms with Crippen molar-refractivity contribution >= 4 is 11.8 Å². The van der Waals surface area contributed by atoms with E-state index in [0.29, 0.717) is 43.9 Å². The van der Waals surface area contributed by atoms with Crippen LogP contribution in [0.15, 0.2) is 42.9 Å². The molecule has 9 heteroatoms. The second-order valence-electron chi connectivity index (χ2n) is 7.36. The number of likely N-dealkylation sites (tertiary alicyclic amines) is 1. The number of halogens is 1. The molecule has 2 aromatic rings. The van der Waals surface area contributed by atoms with Crippen LogP contribution in [0.2, 0.25) is 0 Å². The van der Waals surface area contributed by atoms with Crippen molar-refractivity contribution in [1.29, 1.82) is 0 Å². The molecule has 30 heavy (non-hydrogen) atoms. The summed E-state index contributed by atoms with van der Waals surface area (Å²) >= 11 is 0. The molecule has 0 N–H and O–H groups in total. The number of nitrogens with zero attached hydrogens (tertiary/aromatic N) is 4. The predicted octanol–water partition coefficient (Wildman–Crippen LogP) is 1.53. The number of amides is 2. The molecule has 2 saturated heterocycles. The maximum atomic E-state index is 13.0. The molecule has 158 valence electrons. The molecule has 0 radical (unpaired) electrons. The van der Waals surface area contributed by atoms with Crippen LogP contribution in [0.1, 0.15) is 23.3 Å². The van der Waals surface area contributed by atoms with Gasteiger partial charge in [-0.3, -0.25) is 14.6 Å². The zero-order valence-corrected chi connectivity index (χ0v) is 16.4. The van der Waals surface area contributed by atoms with Gasteiger partial charge >= 0.3 is 0 Å². The van der Waals surface area contributed by atoms with Gasteiger partial charge in [-0.15, -0.1) is 0 Å². The molecule has 2 aliphatic heterocycles. The maximum Gasteiger partial charge on any atom is 0.274 e. The minimum atomic E-state index is -0.322. The van der Waals surface area contributed by atoms with E-state index >= 15 is 0 Å². The third kappa shape index (κ3) is 4.73. The van der Waals surface area contributed by atoms with Crippen LogP contribution in [0, 0.1) is 5.82 Å². The Bertz CT molecular complexity index is 872. The zero-order chi connectivity index (χ0) is 20.9. The van der Waals surface area contributed by atoms with E-state index < -0.39 is 0 Å². The number of carbonyl (C=O) groups is 2. The zero-order valence-electron chi connectivity index (χ0n) is 16.4. The average molecular weight is 414 g/mol. The lowest BCUT2D eigenvalue weighted by molar-refractivity contribution is -0.155. The molecule has 0 bridgehead atoms. The van der Waals surface area contributed by atoms with Gasteiger partial charge in [-0.2, -0.15) is 0 Å². The minimum absolute atomic E-state index is 0.0101. The van der Waals surface area contributed by atoms with Gasteiger partial charge in [0.25, 0.3) is 5.91 Å². The highest BCUT2D eigenvalue weighted by Crippen LogP contribution is 2.22. The molecule has 1 unspecified atom stereocenters. The Kier molecular flexibility index (Phi) is 6.18. The monoisotopic (exact) mass is 414 g/mol. The summed E-state index contributed by atoms with van der Waals surface area (Å²) in [6.45, 7) is 1.83. The summed E-state index contributed by atoms with van der Waals surface area (Å²) in [5.41, 5.74) is 0.330. The number of ether oxygens (including phenoxy) is 2. The first-order valence-corrected chi connectivity index (χ1v) is 9.95. The van der Waals surface area contributed by atoms with Gasteiger partial charge in [0.2, 0.25) is 5.91 Å². The summed E-state index contributed by atoms with van der Waals surface area (Å²) in [6.07, 6.45) is 5.63. The van der Waals surface area contributed by atoms with Crippen LogP contribution in [-0.4, -0.2) is 76.6 Å². The van der Waals surface area contributed by atoms with Crippen LogP contribution in [0.5, 0.6) is 5.75 Å². The van der Waals surface area contributed by atoms with E-state index in [2.05, 4.69) is 9.97 Å². The number of aromatic nitrogens is 2. The molecular weight excluding hydrogens is 391 g/mol. The standard InChI is InChI=1S/C21H23FN4O4/c22-15-1-3-17(4-2-15)29-13-18-12-26(20(27)14-30-18)16-5-9-25(10-6-16)21(28)19-11-23-7-8-24-19/h1-4,7-8,11,16,18H,5-6,9-10,12-14H2. The van der Waals surface area contributed by atoms with Gasteiger partial charge in [-0.05, 0) is 37.1 Å². The van der Waals surface area contributed by atoms with Crippen molar-refractivity contribution in [2.75, 3.05) is 32.8 Å². The lowest BCUT2D eigenvalue weighted by Crippen LogP contribution is -2.55. The fourth-order valence-electron chi connectivity index (χ4n) is 3.77. The van der Waals surface area contributed by atoms with Crippen molar-refractivity contribution in [2.45, 2.75) is 25.0 Å². The Morgan fingerprint density at radius 2 is 1.97 bits per heavy atom. The van der Waals surface area contributed by atoms with Gasteiger partial charge in [0.1, 0.15) is 36.6 Å². The fraction of sp³-hybridized carbons (Fsp3) is 0.429. The smallest absolute Gasteiger partial charge is 0.274 e. The molecule has 0 aliphatic carbocycles. The molecule has 2 amide bonds. The van der Waals surface area contributed by atoms with Crippen molar-refractivity contribution in [2.24, 2.45) is 0 Å². The van der Waals surface area contributed by atoms with Crippen molar-refractivity contribution < 1.29 is 23.5 Å². The highest BCUT2D eigenvalue weighted by atomic mass is 19.1. The molecule has 1 atom stereocenters. The molecule has 3 heterocycles. The van der Waals surface area contributed by atoms with E-state index in [4.69, 9.17) is 9.47 Å². The summed E-state index contributed by atoms with van der Waals surface area (Å²) < 4.78 is 24.3. The molecule has 0 saturated carbocycles. The van der Waals surface area contributed by atoms with Crippen LogP contribution >= 0.6 is 0 Å². The van der Waals surface area contributed by atoms with Crippen molar-refractivity contribution in [1.82, 2.24) is 19.8 Å². The SMILES string of the molecule is O=C(c1cnccn1)N1CCC(N2CC(COc3ccc(F)cc3)OCC2=O)CC1. The first-order valence-electron chi connectivity index (χ1n) is 9.95. The molecule has 2 fully saturated rings. The largest absolute Gasteiger partial charge is 0.491 e. The number of rotatable bonds is 5. The Hall–Kier alpha value is -3.07. The van der Waals surface area contributed by atoms with Gasteiger partial charge in [0.05, 0.1) is 12.7 Å². The molecule has 2 aliphatic rings. The fourth-order valence-corrected chi connectivity index (χ4v) is 3.77. The first-order chi connectivity index (χ1) is 14.6. The normalized spacial score (nSPS) is 20.3. The predicted molar refractivity (Wildman–Crippen MR) is 104 cm³/mol. The summed E-state index contributed by atoms with van der Waals surface area (Å²) in [6, 6.07) is 5.85. The van der Waals surface area contributed by atoms with Gasteiger partial charge < -0.3 is 19.3 Å². The van der Waals surface area contributed by atoms with Crippen LogP contribution in [-0.2, 0) is 9.53 Å². The summed E-state index contributed by atoms with van der Waals surface area (Å²) in [7, 11) is 0. The van der Waals surface area contributed by atoms with Crippen LogP contribution in [0.3, 0.4) is 0 Å². The quantitative estimate of drug-likeness (QED) is 0.738. The van der Waals surface area contributed by atoms with Crippen molar-refractivity contribution in [3.63, 3.8) is 0 Å². The third-order valence-electron chi connectivity index (χ3n) is 5.39. The highest BCUT2D eigenvalue weighted by molar-refractivity contribution is 5.92. The van der Waals surface area contributed by atoms with Crippen LogP contribution in [0.4, 0.5) is 4.39 Å². The van der Waals surface area contributed by atoms with Gasteiger partial charge in [0.15, 0.2) is 0 Å². The van der Waals surface area contributed by atoms with E-state index in [1.807, 2.05) is 4.90 Å². The van der Waals surface area contributed by atoms with Gasteiger partial charge in [0, 0.05) is 31.5 Å². The third-order valence-corrected chi connectivity index (χ3v) is 5.39. The molecule has 8 nitrogen and oxygen atoms in total. The van der Waals surface area contributed by atoms with Crippen molar-refractivity contribution in [3.8, 4) is 5.75 Å². The Balaban J connectivity index is 1.29. The first kappa shape index (κ1) is 20.2. The topological polar surface area (TPSA) is 84.9 Å². The summed E-state index contributed by atoms with van der Waals surface area (Å²) in [4.78, 5) is 36.5. The summed E-state index contributed by atoms with van der Waals surface area (Å²) in [5.74, 6) is 0.0450. The van der Waals surface area contributed by atoms with Crippen LogP contribution in [0.25, 0.3) is 0 Å². The number of hydrogen-bond donors (Lipinski definition) is 0.